The minimum atomic E-state index is -0.384. The van der Waals surface area contributed by atoms with Crippen LogP contribution in [0.1, 0.15) is 24.0 Å². The zero-order chi connectivity index (χ0) is 17.1. The molecule has 24 heavy (non-hydrogen) atoms. The van der Waals surface area contributed by atoms with Crippen molar-refractivity contribution in [3.63, 3.8) is 0 Å². The Morgan fingerprint density at radius 2 is 2.33 bits per heavy atom. The number of aryl methyl sites for hydroxylation is 1. The van der Waals surface area contributed by atoms with Crippen molar-refractivity contribution in [3.05, 3.63) is 40.3 Å². The van der Waals surface area contributed by atoms with Crippen molar-refractivity contribution in [2.45, 2.75) is 26.3 Å². The van der Waals surface area contributed by atoms with Gasteiger partial charge in [0.05, 0.1) is 18.2 Å². The van der Waals surface area contributed by atoms with Crippen LogP contribution in [-0.4, -0.2) is 28.4 Å². The van der Waals surface area contributed by atoms with Crippen molar-refractivity contribution in [2.24, 2.45) is 5.92 Å². The number of aromatic hydroxyl groups is 1. The Morgan fingerprint density at radius 1 is 1.50 bits per heavy atom. The van der Waals surface area contributed by atoms with Crippen LogP contribution in [0.15, 0.2) is 29.6 Å². The minimum absolute atomic E-state index is 0.101. The standard InChI is InChI=1S/C17H19N3O3S/c1-2-12-10-24-15(19-12)8-18-17(23)11-6-16(22)20(9-11)13-4-3-5-14(21)7-13/h3-5,7,10-11,21H,2,6,8-9H2,1H3,(H,18,23)/t11-/m0/s1. The summed E-state index contributed by atoms with van der Waals surface area (Å²) in [7, 11) is 0. The summed E-state index contributed by atoms with van der Waals surface area (Å²) in [4.78, 5) is 30.5. The molecule has 0 bridgehead atoms. The highest BCUT2D eigenvalue weighted by Crippen LogP contribution is 2.27. The van der Waals surface area contributed by atoms with Crippen LogP contribution < -0.4 is 10.2 Å². The van der Waals surface area contributed by atoms with E-state index in [1.54, 1.807) is 23.1 Å². The summed E-state index contributed by atoms with van der Waals surface area (Å²) in [5.41, 5.74) is 1.64. The number of amides is 2. The van der Waals surface area contributed by atoms with Gasteiger partial charge in [0, 0.05) is 30.1 Å². The fraction of sp³-hybridized carbons (Fsp3) is 0.353. The molecule has 1 saturated heterocycles. The molecule has 2 heterocycles. The monoisotopic (exact) mass is 345 g/mol. The molecule has 1 atom stereocenters. The number of nitrogens with one attached hydrogen (secondary N) is 1. The van der Waals surface area contributed by atoms with Crippen molar-refractivity contribution in [1.82, 2.24) is 10.3 Å². The van der Waals surface area contributed by atoms with Crippen molar-refractivity contribution in [3.8, 4) is 5.75 Å². The molecule has 3 rings (SSSR count). The van der Waals surface area contributed by atoms with Gasteiger partial charge in [-0.15, -0.1) is 11.3 Å². The first-order valence-corrected chi connectivity index (χ1v) is 8.75. The number of nitrogens with zero attached hydrogens (tertiary/aromatic N) is 2. The van der Waals surface area contributed by atoms with Crippen LogP contribution in [0.2, 0.25) is 0 Å². The molecule has 0 saturated carbocycles. The SMILES string of the molecule is CCc1csc(CNC(=O)[C@H]2CC(=O)N(c3cccc(O)c3)C2)n1. The second kappa shape index (κ2) is 7.00. The van der Waals surface area contributed by atoms with E-state index in [0.717, 1.165) is 17.1 Å². The maximum atomic E-state index is 12.3. The molecule has 1 fully saturated rings. The topological polar surface area (TPSA) is 82.5 Å². The molecular formula is C17H19N3O3S. The highest BCUT2D eigenvalue weighted by molar-refractivity contribution is 7.09. The lowest BCUT2D eigenvalue weighted by atomic mass is 10.1. The van der Waals surface area contributed by atoms with E-state index < -0.39 is 0 Å². The molecule has 126 valence electrons. The summed E-state index contributed by atoms with van der Waals surface area (Å²) in [5.74, 6) is -0.531. The molecule has 0 spiro atoms. The van der Waals surface area contributed by atoms with E-state index in [1.165, 1.54) is 17.4 Å². The number of hydrogen-bond acceptors (Lipinski definition) is 5. The second-order valence-corrected chi connectivity index (χ2v) is 6.67. The van der Waals surface area contributed by atoms with E-state index in [1.807, 2.05) is 12.3 Å². The van der Waals surface area contributed by atoms with Gasteiger partial charge >= 0.3 is 0 Å². The molecule has 2 aromatic rings. The number of phenolic OH excluding ortho intramolecular Hbond substituents is 1. The summed E-state index contributed by atoms with van der Waals surface area (Å²) >= 11 is 1.53. The Morgan fingerprint density at radius 3 is 3.04 bits per heavy atom. The third kappa shape index (κ3) is 3.56. The largest absolute Gasteiger partial charge is 0.508 e. The Hall–Kier alpha value is -2.41. The fourth-order valence-electron chi connectivity index (χ4n) is 2.69. The molecule has 6 nitrogen and oxygen atoms in total. The molecule has 0 aliphatic carbocycles. The molecule has 2 amide bonds. The van der Waals surface area contributed by atoms with Gasteiger partial charge in [0.15, 0.2) is 0 Å². The third-order valence-electron chi connectivity index (χ3n) is 4.01. The molecule has 0 unspecified atom stereocenters. The number of aromatic nitrogens is 1. The summed E-state index contributed by atoms with van der Waals surface area (Å²) in [6.07, 6.45) is 1.06. The Balaban J connectivity index is 1.59. The number of phenols is 1. The molecule has 1 aliphatic heterocycles. The summed E-state index contributed by atoms with van der Waals surface area (Å²) < 4.78 is 0. The van der Waals surface area contributed by atoms with Gasteiger partial charge in [-0.05, 0) is 18.6 Å². The minimum Gasteiger partial charge on any atom is -0.508 e. The van der Waals surface area contributed by atoms with Gasteiger partial charge in [0.25, 0.3) is 0 Å². The lowest BCUT2D eigenvalue weighted by Crippen LogP contribution is -2.32. The normalized spacial score (nSPS) is 17.3. The van der Waals surface area contributed by atoms with Gasteiger partial charge in [-0.25, -0.2) is 4.98 Å². The van der Waals surface area contributed by atoms with E-state index in [-0.39, 0.29) is 29.9 Å². The third-order valence-corrected chi connectivity index (χ3v) is 4.91. The lowest BCUT2D eigenvalue weighted by Gasteiger charge is -2.16. The number of carbonyl (C=O) groups is 2. The second-order valence-electron chi connectivity index (χ2n) is 5.73. The summed E-state index contributed by atoms with van der Waals surface area (Å²) in [5, 5.41) is 15.3. The van der Waals surface area contributed by atoms with E-state index >= 15 is 0 Å². The first-order chi connectivity index (χ1) is 11.6. The average molecular weight is 345 g/mol. The van der Waals surface area contributed by atoms with Crippen LogP contribution in [0.5, 0.6) is 5.75 Å². The van der Waals surface area contributed by atoms with Gasteiger partial charge in [-0.2, -0.15) is 0 Å². The molecular weight excluding hydrogens is 326 g/mol. The molecule has 0 radical (unpaired) electrons. The Kier molecular flexibility index (Phi) is 4.80. The number of benzene rings is 1. The number of hydrogen-bond donors (Lipinski definition) is 2. The van der Waals surface area contributed by atoms with Crippen LogP contribution in [-0.2, 0) is 22.6 Å². The number of carbonyl (C=O) groups excluding carboxylic acids is 2. The van der Waals surface area contributed by atoms with Crippen molar-refractivity contribution < 1.29 is 14.7 Å². The van der Waals surface area contributed by atoms with Crippen LogP contribution in [0.3, 0.4) is 0 Å². The fourth-order valence-corrected chi connectivity index (χ4v) is 3.51. The molecule has 2 N–H and O–H groups in total. The van der Waals surface area contributed by atoms with Crippen molar-refractivity contribution in [1.29, 1.82) is 0 Å². The smallest absolute Gasteiger partial charge is 0.227 e. The molecule has 1 aromatic heterocycles. The van der Waals surface area contributed by atoms with Gasteiger partial charge in [-0.3, -0.25) is 9.59 Å². The zero-order valence-electron chi connectivity index (χ0n) is 13.4. The summed E-state index contributed by atoms with van der Waals surface area (Å²) in [6.45, 7) is 2.75. The van der Waals surface area contributed by atoms with Gasteiger partial charge in [0.1, 0.15) is 10.8 Å². The van der Waals surface area contributed by atoms with Gasteiger partial charge in [0.2, 0.25) is 11.8 Å². The molecule has 1 aliphatic rings. The highest BCUT2D eigenvalue weighted by atomic mass is 32.1. The first kappa shape index (κ1) is 16.4. The van der Waals surface area contributed by atoms with E-state index in [2.05, 4.69) is 10.3 Å². The predicted molar refractivity (Wildman–Crippen MR) is 91.9 cm³/mol. The maximum absolute atomic E-state index is 12.3. The molecule has 7 heteroatoms. The molecule has 1 aromatic carbocycles. The Bertz CT molecular complexity index is 759. The maximum Gasteiger partial charge on any atom is 0.227 e. The quantitative estimate of drug-likeness (QED) is 0.869. The van der Waals surface area contributed by atoms with E-state index in [4.69, 9.17) is 0 Å². The summed E-state index contributed by atoms with van der Waals surface area (Å²) in [6, 6.07) is 6.51. The zero-order valence-corrected chi connectivity index (χ0v) is 14.2. The van der Waals surface area contributed by atoms with E-state index in [0.29, 0.717) is 18.8 Å². The highest BCUT2D eigenvalue weighted by Gasteiger charge is 2.35. The van der Waals surface area contributed by atoms with Crippen LogP contribution in [0.25, 0.3) is 0 Å². The Labute approximate surface area is 144 Å². The van der Waals surface area contributed by atoms with Crippen LogP contribution in [0, 0.1) is 5.92 Å². The predicted octanol–water partition coefficient (Wildman–Crippen LogP) is 2.08. The van der Waals surface area contributed by atoms with Crippen LogP contribution in [0.4, 0.5) is 5.69 Å². The van der Waals surface area contributed by atoms with Crippen molar-refractivity contribution in [2.75, 3.05) is 11.4 Å². The van der Waals surface area contributed by atoms with E-state index in [9.17, 15) is 14.7 Å². The number of anilines is 1. The lowest BCUT2D eigenvalue weighted by molar-refractivity contribution is -0.126. The first-order valence-electron chi connectivity index (χ1n) is 7.87. The number of rotatable bonds is 5. The van der Waals surface area contributed by atoms with Crippen molar-refractivity contribution >= 4 is 28.8 Å². The average Bonchev–Trinajstić information content (AvgIpc) is 3.19. The van der Waals surface area contributed by atoms with Crippen LogP contribution >= 0.6 is 11.3 Å². The number of thiazole rings is 1. The van der Waals surface area contributed by atoms with Gasteiger partial charge in [-0.1, -0.05) is 13.0 Å². The van der Waals surface area contributed by atoms with Gasteiger partial charge < -0.3 is 15.3 Å².